The standard InChI is InChI=1S/C12H22O2/c1-5-6-7-11(13)12-8(2)9(3)14-10(12)4/h8-10,12H,5-7H2,1-4H3. The van der Waals surface area contributed by atoms with Gasteiger partial charge in [-0.1, -0.05) is 20.3 Å². The number of Topliss-reactive ketones (excluding diaryl/α,β-unsaturated/α-hetero) is 1. The molecule has 4 atom stereocenters. The van der Waals surface area contributed by atoms with Crippen LogP contribution < -0.4 is 0 Å². The molecule has 1 saturated heterocycles. The van der Waals surface area contributed by atoms with Crippen molar-refractivity contribution in [2.75, 3.05) is 0 Å². The van der Waals surface area contributed by atoms with Crippen LogP contribution in [-0.4, -0.2) is 18.0 Å². The molecule has 0 aromatic rings. The minimum atomic E-state index is 0.115. The molecule has 1 fully saturated rings. The molecule has 1 aliphatic heterocycles. The van der Waals surface area contributed by atoms with Crippen LogP contribution in [0.5, 0.6) is 0 Å². The van der Waals surface area contributed by atoms with Gasteiger partial charge in [0.05, 0.1) is 12.2 Å². The van der Waals surface area contributed by atoms with Gasteiger partial charge < -0.3 is 4.74 Å². The Morgan fingerprint density at radius 3 is 2.29 bits per heavy atom. The number of ketones is 1. The Morgan fingerprint density at radius 2 is 1.86 bits per heavy atom. The molecule has 2 heteroatoms. The second-order valence-corrected chi connectivity index (χ2v) is 4.50. The molecule has 0 aromatic heterocycles. The zero-order valence-electron chi connectivity index (χ0n) is 9.75. The summed E-state index contributed by atoms with van der Waals surface area (Å²) in [5.41, 5.74) is 0. The molecular weight excluding hydrogens is 176 g/mol. The SMILES string of the molecule is CCCCC(=O)C1C(C)OC(C)C1C. The summed E-state index contributed by atoms with van der Waals surface area (Å²) in [5, 5.41) is 0. The lowest BCUT2D eigenvalue weighted by Crippen LogP contribution is -2.26. The molecule has 1 heterocycles. The summed E-state index contributed by atoms with van der Waals surface area (Å²) in [6.07, 6.45) is 3.19. The second-order valence-electron chi connectivity index (χ2n) is 4.50. The van der Waals surface area contributed by atoms with E-state index in [9.17, 15) is 4.79 Å². The molecule has 0 radical (unpaired) electrons. The summed E-state index contributed by atoms with van der Waals surface area (Å²) in [5.74, 6) is 0.919. The van der Waals surface area contributed by atoms with Gasteiger partial charge in [0.15, 0.2) is 0 Å². The number of ether oxygens (including phenoxy) is 1. The van der Waals surface area contributed by atoms with Crippen molar-refractivity contribution in [3.05, 3.63) is 0 Å². The first-order chi connectivity index (χ1) is 6.57. The van der Waals surface area contributed by atoms with Gasteiger partial charge >= 0.3 is 0 Å². The van der Waals surface area contributed by atoms with Crippen LogP contribution in [0.15, 0.2) is 0 Å². The Labute approximate surface area is 87.0 Å². The van der Waals surface area contributed by atoms with Crippen LogP contribution in [0.25, 0.3) is 0 Å². The van der Waals surface area contributed by atoms with Gasteiger partial charge in [0.1, 0.15) is 5.78 Å². The zero-order chi connectivity index (χ0) is 10.7. The maximum absolute atomic E-state index is 11.9. The fourth-order valence-electron chi connectivity index (χ4n) is 2.34. The van der Waals surface area contributed by atoms with Crippen molar-refractivity contribution in [1.82, 2.24) is 0 Å². The van der Waals surface area contributed by atoms with Crippen LogP contribution in [0.2, 0.25) is 0 Å². The fraction of sp³-hybridized carbons (Fsp3) is 0.917. The van der Waals surface area contributed by atoms with Crippen molar-refractivity contribution in [2.45, 2.75) is 59.2 Å². The van der Waals surface area contributed by atoms with Crippen molar-refractivity contribution in [2.24, 2.45) is 11.8 Å². The topological polar surface area (TPSA) is 26.3 Å². The Balaban J connectivity index is 2.53. The molecule has 0 aliphatic carbocycles. The van der Waals surface area contributed by atoms with E-state index in [4.69, 9.17) is 4.74 Å². The Morgan fingerprint density at radius 1 is 1.21 bits per heavy atom. The van der Waals surface area contributed by atoms with Crippen LogP contribution in [0, 0.1) is 11.8 Å². The minimum absolute atomic E-state index is 0.115. The molecular formula is C12H22O2. The quantitative estimate of drug-likeness (QED) is 0.694. The highest BCUT2D eigenvalue weighted by Gasteiger charge is 2.40. The molecule has 14 heavy (non-hydrogen) atoms. The lowest BCUT2D eigenvalue weighted by atomic mass is 9.84. The third kappa shape index (κ3) is 2.35. The fourth-order valence-corrected chi connectivity index (χ4v) is 2.34. The monoisotopic (exact) mass is 198 g/mol. The highest BCUT2D eigenvalue weighted by Crippen LogP contribution is 2.33. The van der Waals surface area contributed by atoms with E-state index in [2.05, 4.69) is 20.8 Å². The maximum Gasteiger partial charge on any atom is 0.138 e. The number of hydrogen-bond donors (Lipinski definition) is 0. The average molecular weight is 198 g/mol. The van der Waals surface area contributed by atoms with E-state index in [0.717, 1.165) is 19.3 Å². The predicted octanol–water partition coefficient (Wildman–Crippen LogP) is 2.81. The third-order valence-electron chi connectivity index (χ3n) is 3.39. The van der Waals surface area contributed by atoms with Gasteiger partial charge in [-0.05, 0) is 26.2 Å². The minimum Gasteiger partial charge on any atom is -0.375 e. The number of unbranched alkanes of at least 4 members (excludes halogenated alkanes) is 1. The van der Waals surface area contributed by atoms with E-state index >= 15 is 0 Å². The predicted molar refractivity (Wildman–Crippen MR) is 57.2 cm³/mol. The number of carbonyl (C=O) groups is 1. The third-order valence-corrected chi connectivity index (χ3v) is 3.39. The molecule has 0 N–H and O–H groups in total. The van der Waals surface area contributed by atoms with Gasteiger partial charge in [0.2, 0.25) is 0 Å². The van der Waals surface area contributed by atoms with Crippen LogP contribution >= 0.6 is 0 Å². The molecule has 0 amide bonds. The molecule has 0 bridgehead atoms. The average Bonchev–Trinajstić information content (AvgIpc) is 2.38. The van der Waals surface area contributed by atoms with Crippen LogP contribution in [0.4, 0.5) is 0 Å². The van der Waals surface area contributed by atoms with E-state index < -0.39 is 0 Å². The van der Waals surface area contributed by atoms with Gasteiger partial charge in [0, 0.05) is 12.3 Å². The van der Waals surface area contributed by atoms with Crippen molar-refractivity contribution < 1.29 is 9.53 Å². The highest BCUT2D eigenvalue weighted by molar-refractivity contribution is 5.82. The molecule has 4 unspecified atom stereocenters. The zero-order valence-corrected chi connectivity index (χ0v) is 9.75. The number of hydrogen-bond acceptors (Lipinski definition) is 2. The normalized spacial score (nSPS) is 37.4. The lowest BCUT2D eigenvalue weighted by molar-refractivity contribution is -0.125. The van der Waals surface area contributed by atoms with Gasteiger partial charge in [-0.15, -0.1) is 0 Å². The van der Waals surface area contributed by atoms with E-state index in [-0.39, 0.29) is 18.1 Å². The first kappa shape index (κ1) is 11.7. The summed E-state index contributed by atoms with van der Waals surface area (Å²) in [4.78, 5) is 11.9. The Hall–Kier alpha value is -0.370. The van der Waals surface area contributed by atoms with Crippen molar-refractivity contribution in [3.63, 3.8) is 0 Å². The van der Waals surface area contributed by atoms with E-state index in [1.54, 1.807) is 0 Å². The number of carbonyl (C=O) groups excluding carboxylic acids is 1. The van der Waals surface area contributed by atoms with Crippen molar-refractivity contribution >= 4 is 5.78 Å². The first-order valence-corrected chi connectivity index (χ1v) is 5.76. The van der Waals surface area contributed by atoms with Crippen molar-refractivity contribution in [3.8, 4) is 0 Å². The largest absolute Gasteiger partial charge is 0.375 e. The summed E-state index contributed by atoms with van der Waals surface area (Å²) < 4.78 is 5.67. The molecule has 0 spiro atoms. The van der Waals surface area contributed by atoms with Gasteiger partial charge in [0.25, 0.3) is 0 Å². The highest BCUT2D eigenvalue weighted by atomic mass is 16.5. The van der Waals surface area contributed by atoms with Gasteiger partial charge in [-0.2, -0.15) is 0 Å². The molecule has 82 valence electrons. The second kappa shape index (κ2) is 4.92. The lowest BCUT2D eigenvalue weighted by Gasteiger charge is -2.16. The first-order valence-electron chi connectivity index (χ1n) is 5.76. The number of rotatable bonds is 4. The molecule has 2 nitrogen and oxygen atoms in total. The Kier molecular flexibility index (Phi) is 4.11. The van der Waals surface area contributed by atoms with Crippen LogP contribution in [0.1, 0.15) is 47.0 Å². The van der Waals surface area contributed by atoms with Gasteiger partial charge in [-0.25, -0.2) is 0 Å². The molecule has 0 saturated carbocycles. The summed E-state index contributed by atoms with van der Waals surface area (Å²) in [6.45, 7) is 8.33. The van der Waals surface area contributed by atoms with Crippen LogP contribution in [0.3, 0.4) is 0 Å². The van der Waals surface area contributed by atoms with E-state index in [1.807, 2.05) is 6.92 Å². The summed E-state index contributed by atoms with van der Waals surface area (Å²) >= 11 is 0. The molecule has 1 rings (SSSR count). The van der Waals surface area contributed by atoms with E-state index in [1.165, 1.54) is 0 Å². The Bertz CT molecular complexity index is 200. The molecule has 1 aliphatic rings. The smallest absolute Gasteiger partial charge is 0.138 e. The van der Waals surface area contributed by atoms with Crippen molar-refractivity contribution in [1.29, 1.82) is 0 Å². The maximum atomic E-state index is 11.9. The van der Waals surface area contributed by atoms with Gasteiger partial charge in [-0.3, -0.25) is 4.79 Å². The summed E-state index contributed by atoms with van der Waals surface area (Å²) in [6, 6.07) is 0. The molecule has 0 aromatic carbocycles. The van der Waals surface area contributed by atoms with Crippen LogP contribution in [-0.2, 0) is 9.53 Å². The summed E-state index contributed by atoms with van der Waals surface area (Å²) in [7, 11) is 0. The van der Waals surface area contributed by atoms with E-state index in [0.29, 0.717) is 11.7 Å².